The predicted molar refractivity (Wildman–Crippen MR) is 70.0 cm³/mol. The monoisotopic (exact) mass is 248 g/mol. The van der Waals surface area contributed by atoms with E-state index in [-0.39, 0.29) is 12.1 Å². The fourth-order valence-electron chi connectivity index (χ4n) is 1.64. The molecule has 2 atom stereocenters. The zero-order valence-corrected chi connectivity index (χ0v) is 10.8. The van der Waals surface area contributed by atoms with Crippen LogP contribution >= 0.6 is 11.3 Å². The molecule has 0 amide bonds. The maximum Gasteiger partial charge on any atom is 0.134 e. The van der Waals surface area contributed by atoms with Crippen LogP contribution in [-0.2, 0) is 4.74 Å². The fraction of sp³-hybridized carbons (Fsp3) is 0.308. The largest absolute Gasteiger partial charge is 0.370 e. The van der Waals surface area contributed by atoms with Gasteiger partial charge in [-0.15, -0.1) is 11.3 Å². The van der Waals surface area contributed by atoms with Crippen LogP contribution in [0.1, 0.15) is 34.5 Å². The number of thiazole rings is 1. The van der Waals surface area contributed by atoms with Gasteiger partial charge >= 0.3 is 0 Å². The van der Waals surface area contributed by atoms with Crippen LogP contribution in [0.15, 0.2) is 36.5 Å². The molecule has 0 radical (unpaired) electrons. The van der Waals surface area contributed by atoms with Gasteiger partial charge in [-0.1, -0.05) is 30.3 Å². The summed E-state index contributed by atoms with van der Waals surface area (Å²) < 4.78 is 5.52. The molecule has 1 aromatic carbocycles. The van der Waals surface area contributed by atoms with Crippen molar-refractivity contribution in [1.82, 2.24) is 4.98 Å². The normalized spacial score (nSPS) is 14.5. The van der Waals surface area contributed by atoms with Gasteiger partial charge in [-0.25, -0.2) is 4.98 Å². The van der Waals surface area contributed by atoms with E-state index in [0.29, 0.717) is 0 Å². The molecule has 3 nitrogen and oxygen atoms in total. The lowest BCUT2D eigenvalue weighted by Crippen LogP contribution is -2.03. The molecule has 2 aromatic rings. The van der Waals surface area contributed by atoms with E-state index < -0.39 is 0 Å². The molecule has 0 bridgehead atoms. The van der Waals surface area contributed by atoms with Crippen LogP contribution in [0.5, 0.6) is 0 Å². The van der Waals surface area contributed by atoms with Crippen LogP contribution in [-0.4, -0.2) is 12.1 Å². The van der Waals surface area contributed by atoms with Gasteiger partial charge in [-0.3, -0.25) is 0 Å². The number of nitrogens with zero attached hydrogens (tertiary/aromatic N) is 1. The standard InChI is InChI=1S/C13H16N2OS/c1-9(14)11-8-15-13(17-11)12(16-2)10-6-4-3-5-7-10/h3-9,12H,14H2,1-2H3. The Bertz CT molecular complexity index is 467. The van der Waals surface area contributed by atoms with E-state index in [4.69, 9.17) is 10.5 Å². The number of hydrogen-bond acceptors (Lipinski definition) is 4. The quantitative estimate of drug-likeness (QED) is 0.905. The maximum atomic E-state index is 5.84. The van der Waals surface area contributed by atoms with Crippen LogP contribution in [0, 0.1) is 0 Å². The summed E-state index contributed by atoms with van der Waals surface area (Å²) in [5, 5.41) is 0.950. The lowest BCUT2D eigenvalue weighted by atomic mass is 10.1. The fourth-order valence-corrected chi connectivity index (χ4v) is 2.62. The first-order valence-electron chi connectivity index (χ1n) is 5.51. The summed E-state index contributed by atoms with van der Waals surface area (Å²) >= 11 is 1.61. The van der Waals surface area contributed by atoms with E-state index in [0.717, 1.165) is 15.4 Å². The Kier molecular flexibility index (Phi) is 3.89. The zero-order chi connectivity index (χ0) is 12.3. The molecule has 0 saturated heterocycles. The van der Waals surface area contributed by atoms with Crippen molar-refractivity contribution in [2.75, 3.05) is 7.11 Å². The molecule has 17 heavy (non-hydrogen) atoms. The highest BCUT2D eigenvalue weighted by Crippen LogP contribution is 2.30. The smallest absolute Gasteiger partial charge is 0.134 e. The summed E-state index contributed by atoms with van der Waals surface area (Å²) in [5.41, 5.74) is 6.95. The van der Waals surface area contributed by atoms with Crippen LogP contribution in [0.3, 0.4) is 0 Å². The minimum Gasteiger partial charge on any atom is -0.370 e. The van der Waals surface area contributed by atoms with Crippen molar-refractivity contribution < 1.29 is 4.74 Å². The third-order valence-corrected chi connectivity index (χ3v) is 3.79. The second-order valence-corrected chi connectivity index (χ2v) is 5.01. The highest BCUT2D eigenvalue weighted by atomic mass is 32.1. The summed E-state index contributed by atoms with van der Waals surface area (Å²) in [5.74, 6) is 0. The first-order valence-corrected chi connectivity index (χ1v) is 6.33. The Morgan fingerprint density at radius 3 is 2.53 bits per heavy atom. The van der Waals surface area contributed by atoms with Crippen molar-refractivity contribution in [2.24, 2.45) is 5.73 Å². The molecule has 4 heteroatoms. The zero-order valence-electron chi connectivity index (χ0n) is 9.96. The Balaban J connectivity index is 2.29. The van der Waals surface area contributed by atoms with E-state index in [2.05, 4.69) is 4.98 Å². The number of benzene rings is 1. The van der Waals surface area contributed by atoms with Gasteiger partial charge in [-0.05, 0) is 12.5 Å². The molecule has 1 heterocycles. The Labute approximate surface area is 105 Å². The number of rotatable bonds is 4. The second-order valence-electron chi connectivity index (χ2n) is 3.92. The van der Waals surface area contributed by atoms with Crippen molar-refractivity contribution in [3.8, 4) is 0 Å². The summed E-state index contributed by atoms with van der Waals surface area (Å²) in [6, 6.07) is 10.1. The van der Waals surface area contributed by atoms with Crippen molar-refractivity contribution in [1.29, 1.82) is 0 Å². The maximum absolute atomic E-state index is 5.84. The van der Waals surface area contributed by atoms with Crippen LogP contribution in [0.4, 0.5) is 0 Å². The number of methoxy groups -OCH3 is 1. The third-order valence-electron chi connectivity index (χ3n) is 2.55. The SMILES string of the molecule is COC(c1ccccc1)c1ncc(C(C)N)s1. The van der Waals surface area contributed by atoms with Gasteiger partial charge in [0, 0.05) is 24.2 Å². The minimum absolute atomic E-state index is 0.0227. The van der Waals surface area contributed by atoms with E-state index in [1.54, 1.807) is 18.4 Å². The van der Waals surface area contributed by atoms with Crippen LogP contribution < -0.4 is 5.73 Å². The Morgan fingerprint density at radius 2 is 2.00 bits per heavy atom. The lowest BCUT2D eigenvalue weighted by molar-refractivity contribution is 0.136. The number of ether oxygens (including phenoxy) is 1. The first kappa shape index (κ1) is 12.2. The van der Waals surface area contributed by atoms with Gasteiger partial charge in [0.05, 0.1) is 0 Å². The Morgan fingerprint density at radius 1 is 1.29 bits per heavy atom. The summed E-state index contributed by atoms with van der Waals surface area (Å²) in [4.78, 5) is 5.48. The van der Waals surface area contributed by atoms with Crippen molar-refractivity contribution >= 4 is 11.3 Å². The lowest BCUT2D eigenvalue weighted by Gasteiger charge is -2.12. The van der Waals surface area contributed by atoms with Gasteiger partial charge < -0.3 is 10.5 Å². The molecule has 2 N–H and O–H groups in total. The average Bonchev–Trinajstić information content (AvgIpc) is 2.81. The van der Waals surface area contributed by atoms with Crippen LogP contribution in [0.2, 0.25) is 0 Å². The van der Waals surface area contributed by atoms with Crippen molar-refractivity contribution in [2.45, 2.75) is 19.1 Å². The molecule has 0 fully saturated rings. The highest BCUT2D eigenvalue weighted by molar-refractivity contribution is 7.11. The molecule has 2 rings (SSSR count). The molecule has 0 saturated carbocycles. The van der Waals surface area contributed by atoms with E-state index in [1.807, 2.05) is 43.5 Å². The average molecular weight is 248 g/mol. The van der Waals surface area contributed by atoms with E-state index in [1.165, 1.54) is 0 Å². The molecule has 0 aliphatic carbocycles. The predicted octanol–water partition coefficient (Wildman–Crippen LogP) is 2.90. The van der Waals surface area contributed by atoms with E-state index >= 15 is 0 Å². The molecule has 0 aliphatic rings. The van der Waals surface area contributed by atoms with Gasteiger partial charge in [0.2, 0.25) is 0 Å². The summed E-state index contributed by atoms with van der Waals surface area (Å²) in [6.07, 6.45) is 1.73. The molecule has 90 valence electrons. The van der Waals surface area contributed by atoms with Crippen molar-refractivity contribution in [3.63, 3.8) is 0 Å². The topological polar surface area (TPSA) is 48.1 Å². The highest BCUT2D eigenvalue weighted by Gasteiger charge is 2.17. The number of nitrogens with two attached hydrogens (primary N) is 1. The molecule has 0 spiro atoms. The van der Waals surface area contributed by atoms with Gasteiger partial charge in [0.1, 0.15) is 11.1 Å². The molecule has 2 unspecified atom stereocenters. The Hall–Kier alpha value is -1.23. The summed E-state index contributed by atoms with van der Waals surface area (Å²) in [7, 11) is 1.70. The minimum atomic E-state index is -0.103. The third kappa shape index (κ3) is 2.72. The van der Waals surface area contributed by atoms with Gasteiger partial charge in [-0.2, -0.15) is 0 Å². The van der Waals surface area contributed by atoms with Gasteiger partial charge in [0.25, 0.3) is 0 Å². The van der Waals surface area contributed by atoms with Gasteiger partial charge in [0.15, 0.2) is 0 Å². The number of hydrogen-bond donors (Lipinski definition) is 1. The molecule has 0 aliphatic heterocycles. The second kappa shape index (κ2) is 5.40. The van der Waals surface area contributed by atoms with Crippen molar-refractivity contribution in [3.05, 3.63) is 52.0 Å². The number of aromatic nitrogens is 1. The first-order chi connectivity index (χ1) is 8.22. The summed E-state index contributed by atoms with van der Waals surface area (Å²) in [6.45, 7) is 1.96. The molecule has 1 aromatic heterocycles. The molecular weight excluding hydrogens is 232 g/mol. The molecular formula is C13H16N2OS. The van der Waals surface area contributed by atoms with E-state index in [9.17, 15) is 0 Å². The van der Waals surface area contributed by atoms with Crippen LogP contribution in [0.25, 0.3) is 0 Å².